The van der Waals surface area contributed by atoms with Crippen LogP contribution < -0.4 is 15.4 Å². The number of ether oxygens (including phenoxy) is 1. The van der Waals surface area contributed by atoms with E-state index < -0.39 is 5.38 Å². The van der Waals surface area contributed by atoms with Crippen molar-refractivity contribution in [2.75, 3.05) is 20.2 Å². The maximum atomic E-state index is 13.2. The molecule has 8 heteroatoms. The number of nitrogens with zero attached hydrogens (tertiary/aromatic N) is 1. The maximum absolute atomic E-state index is 13.2. The number of piperidine rings is 1. The van der Waals surface area contributed by atoms with Crippen LogP contribution in [-0.4, -0.2) is 54.9 Å². The maximum Gasteiger partial charge on any atom is 0.251 e. The van der Waals surface area contributed by atoms with Gasteiger partial charge in [0.1, 0.15) is 11.1 Å². The average molecular weight is 512 g/mol. The molecule has 1 aliphatic heterocycles. The summed E-state index contributed by atoms with van der Waals surface area (Å²) in [5.41, 5.74) is 1.32. The van der Waals surface area contributed by atoms with Crippen LogP contribution in [-0.2, 0) is 9.59 Å². The lowest BCUT2D eigenvalue weighted by Gasteiger charge is -2.36. The highest BCUT2D eigenvalue weighted by Gasteiger charge is 2.34. The number of carbonyl (C=O) groups is 3. The number of carbonyl (C=O) groups excluding carboxylic acids is 3. The Morgan fingerprint density at radius 2 is 1.58 bits per heavy atom. The van der Waals surface area contributed by atoms with Gasteiger partial charge in [-0.1, -0.05) is 43.2 Å². The molecule has 0 unspecified atom stereocenters. The molecule has 2 fully saturated rings. The van der Waals surface area contributed by atoms with E-state index in [0.29, 0.717) is 24.4 Å². The van der Waals surface area contributed by atoms with Gasteiger partial charge in [-0.3, -0.25) is 14.4 Å². The molecule has 1 saturated carbocycles. The van der Waals surface area contributed by atoms with Gasteiger partial charge in [-0.15, -0.1) is 11.6 Å². The van der Waals surface area contributed by atoms with Crippen LogP contribution in [0.3, 0.4) is 0 Å². The summed E-state index contributed by atoms with van der Waals surface area (Å²) in [7, 11) is 1.59. The molecule has 3 amide bonds. The predicted molar refractivity (Wildman–Crippen MR) is 139 cm³/mol. The van der Waals surface area contributed by atoms with Gasteiger partial charge in [-0.05, 0) is 55.5 Å². The van der Waals surface area contributed by atoms with Crippen LogP contribution in [0.2, 0.25) is 0 Å². The Kier molecular flexibility index (Phi) is 8.86. The normalized spacial score (nSPS) is 22.8. The van der Waals surface area contributed by atoms with Gasteiger partial charge >= 0.3 is 0 Å². The molecular formula is C28H34ClN3O4. The fourth-order valence-electron chi connectivity index (χ4n) is 5.09. The third-order valence-corrected chi connectivity index (χ3v) is 7.61. The number of hydrogen-bond donors (Lipinski definition) is 2. The van der Waals surface area contributed by atoms with E-state index >= 15 is 0 Å². The van der Waals surface area contributed by atoms with Gasteiger partial charge in [-0.25, -0.2) is 0 Å². The molecule has 2 aromatic rings. The van der Waals surface area contributed by atoms with E-state index in [1.165, 1.54) is 0 Å². The van der Waals surface area contributed by atoms with Crippen molar-refractivity contribution >= 4 is 29.3 Å². The Hall–Kier alpha value is -3.06. The summed E-state index contributed by atoms with van der Waals surface area (Å²) in [6.45, 7) is 0.957. The molecule has 2 aliphatic rings. The van der Waals surface area contributed by atoms with Crippen LogP contribution in [0.5, 0.6) is 5.75 Å². The van der Waals surface area contributed by atoms with Crippen molar-refractivity contribution in [2.45, 2.75) is 56.0 Å². The number of hydrogen-bond acceptors (Lipinski definition) is 4. The van der Waals surface area contributed by atoms with E-state index in [-0.39, 0.29) is 35.7 Å². The van der Waals surface area contributed by atoms with Crippen molar-refractivity contribution in [3.63, 3.8) is 0 Å². The minimum atomic E-state index is -0.760. The highest BCUT2D eigenvalue weighted by molar-refractivity contribution is 6.30. The molecule has 2 aromatic carbocycles. The Balaban J connectivity index is 1.34. The standard InChI is InChI=1S/C28H34ClN3O4/c1-36-22-15-13-20(14-16-22)26(33)30-23-11-5-6-12-24(23)31-27(34)21-10-7-17-32(18-21)28(35)25(29)19-8-3-2-4-9-19/h2-4,8-9,13-16,21,23-25H,5-7,10-12,17-18H2,1H3,(H,30,33)(H,31,34)/t21-,23-,24-,25+/m1/s1. The molecule has 7 nitrogen and oxygen atoms in total. The second-order valence-electron chi connectivity index (χ2n) is 9.60. The van der Waals surface area contributed by atoms with E-state index in [1.807, 2.05) is 30.3 Å². The van der Waals surface area contributed by atoms with Gasteiger partial charge in [0.25, 0.3) is 5.91 Å². The van der Waals surface area contributed by atoms with Gasteiger partial charge in [0.05, 0.1) is 13.0 Å². The Bertz CT molecular complexity index is 1050. The zero-order valence-corrected chi connectivity index (χ0v) is 21.4. The van der Waals surface area contributed by atoms with E-state index in [9.17, 15) is 14.4 Å². The molecule has 0 bridgehead atoms. The number of alkyl halides is 1. The van der Waals surface area contributed by atoms with Gasteiger partial charge in [0.2, 0.25) is 11.8 Å². The van der Waals surface area contributed by atoms with Gasteiger partial charge in [0.15, 0.2) is 0 Å². The summed E-state index contributed by atoms with van der Waals surface area (Å²) in [5, 5.41) is 5.54. The van der Waals surface area contributed by atoms with Crippen LogP contribution in [0.25, 0.3) is 0 Å². The molecule has 4 atom stereocenters. The fraction of sp³-hybridized carbons (Fsp3) is 0.464. The van der Waals surface area contributed by atoms with Crippen LogP contribution in [0.1, 0.15) is 59.8 Å². The summed E-state index contributed by atoms with van der Waals surface area (Å²) in [6, 6.07) is 16.0. The van der Waals surface area contributed by atoms with Gasteiger partial charge in [0, 0.05) is 30.7 Å². The van der Waals surface area contributed by atoms with E-state index in [0.717, 1.165) is 44.1 Å². The summed E-state index contributed by atoms with van der Waals surface area (Å²) >= 11 is 6.47. The molecule has 1 aliphatic carbocycles. The average Bonchev–Trinajstić information content (AvgIpc) is 2.93. The first kappa shape index (κ1) is 26.0. The van der Waals surface area contributed by atoms with E-state index in [2.05, 4.69) is 10.6 Å². The molecule has 192 valence electrons. The van der Waals surface area contributed by atoms with Crippen molar-refractivity contribution in [3.8, 4) is 5.75 Å². The summed E-state index contributed by atoms with van der Waals surface area (Å²) in [6.07, 6.45) is 5.11. The zero-order chi connectivity index (χ0) is 25.5. The Morgan fingerprint density at radius 1 is 0.917 bits per heavy atom. The lowest BCUT2D eigenvalue weighted by atomic mass is 9.88. The Morgan fingerprint density at radius 3 is 2.25 bits per heavy atom. The third-order valence-electron chi connectivity index (χ3n) is 7.18. The molecule has 1 heterocycles. The van der Waals surface area contributed by atoms with Crippen molar-refractivity contribution < 1.29 is 19.1 Å². The zero-order valence-electron chi connectivity index (χ0n) is 20.6. The van der Waals surface area contributed by atoms with E-state index in [1.54, 1.807) is 36.3 Å². The van der Waals surface area contributed by atoms with Crippen LogP contribution in [0, 0.1) is 5.92 Å². The first-order valence-corrected chi connectivity index (χ1v) is 13.1. The number of halogens is 1. The number of likely N-dealkylation sites (tertiary alicyclic amines) is 1. The van der Waals surface area contributed by atoms with Crippen molar-refractivity contribution in [2.24, 2.45) is 5.92 Å². The van der Waals surface area contributed by atoms with Crippen molar-refractivity contribution in [3.05, 3.63) is 65.7 Å². The SMILES string of the molecule is COc1ccc(C(=O)N[C@@H]2CCCC[C@H]2NC(=O)[C@@H]2CCCN(C(=O)[C@@H](Cl)c3ccccc3)C2)cc1. The third kappa shape index (κ3) is 6.38. The van der Waals surface area contributed by atoms with Gasteiger partial charge in [-0.2, -0.15) is 0 Å². The molecule has 2 N–H and O–H groups in total. The predicted octanol–water partition coefficient (Wildman–Crippen LogP) is 4.07. The van der Waals surface area contributed by atoms with Crippen LogP contribution in [0.15, 0.2) is 54.6 Å². The molecule has 0 radical (unpaired) electrons. The monoisotopic (exact) mass is 511 g/mol. The van der Waals surface area contributed by atoms with Crippen LogP contribution >= 0.6 is 11.6 Å². The van der Waals surface area contributed by atoms with Crippen LogP contribution in [0.4, 0.5) is 0 Å². The smallest absolute Gasteiger partial charge is 0.251 e. The van der Waals surface area contributed by atoms with Crippen molar-refractivity contribution in [1.29, 1.82) is 0 Å². The second kappa shape index (κ2) is 12.3. The number of amides is 3. The van der Waals surface area contributed by atoms with Crippen molar-refractivity contribution in [1.82, 2.24) is 15.5 Å². The number of nitrogens with one attached hydrogen (secondary N) is 2. The largest absolute Gasteiger partial charge is 0.497 e. The quantitative estimate of drug-likeness (QED) is 0.548. The summed E-state index contributed by atoms with van der Waals surface area (Å²) < 4.78 is 5.16. The minimum absolute atomic E-state index is 0.0612. The Labute approximate surface area is 217 Å². The number of rotatable bonds is 7. The first-order valence-electron chi connectivity index (χ1n) is 12.7. The molecule has 1 saturated heterocycles. The summed E-state index contributed by atoms with van der Waals surface area (Å²) in [4.78, 5) is 40.8. The highest BCUT2D eigenvalue weighted by atomic mass is 35.5. The molecule has 4 rings (SSSR count). The minimum Gasteiger partial charge on any atom is -0.497 e. The van der Waals surface area contributed by atoms with E-state index in [4.69, 9.17) is 16.3 Å². The molecule has 36 heavy (non-hydrogen) atoms. The topological polar surface area (TPSA) is 87.7 Å². The second-order valence-corrected chi connectivity index (χ2v) is 10.0. The molecular weight excluding hydrogens is 478 g/mol. The van der Waals surface area contributed by atoms with Gasteiger partial charge < -0.3 is 20.3 Å². The lowest BCUT2D eigenvalue weighted by molar-refractivity contribution is -0.135. The fourth-order valence-corrected chi connectivity index (χ4v) is 5.37. The summed E-state index contributed by atoms with van der Waals surface area (Å²) in [5.74, 6) is 0.0183. The lowest BCUT2D eigenvalue weighted by Crippen LogP contribution is -2.55. The molecule has 0 spiro atoms. The number of benzene rings is 2. The first-order chi connectivity index (χ1) is 17.5. The number of methoxy groups -OCH3 is 1. The molecule has 0 aromatic heterocycles. The highest BCUT2D eigenvalue weighted by Crippen LogP contribution is 2.27.